The highest BCUT2D eigenvalue weighted by Gasteiger charge is 2.36. The molecule has 6 nitrogen and oxygen atoms in total. The lowest BCUT2D eigenvalue weighted by atomic mass is 10.0. The monoisotopic (exact) mass is 436 g/mol. The quantitative estimate of drug-likeness (QED) is 0.212. The molecule has 0 bridgehead atoms. The van der Waals surface area contributed by atoms with Crippen molar-refractivity contribution in [3.05, 3.63) is 0 Å². The molecule has 0 spiro atoms. The first kappa shape index (κ1) is 26.8. The molecule has 2 unspecified atom stereocenters. The van der Waals surface area contributed by atoms with Crippen LogP contribution in [-0.2, 0) is 24.3 Å². The molecule has 29 heavy (non-hydrogen) atoms. The lowest BCUT2D eigenvalue weighted by Crippen LogP contribution is -2.28. The predicted octanol–water partition coefficient (Wildman–Crippen LogP) is 5.50. The van der Waals surface area contributed by atoms with E-state index in [9.17, 15) is 8.42 Å². The van der Waals surface area contributed by atoms with E-state index in [-0.39, 0.29) is 11.9 Å². The number of unbranched alkanes of at least 4 members (excludes halogenated alkanes) is 11. The van der Waals surface area contributed by atoms with E-state index in [4.69, 9.17) is 18.8 Å². The average molecular weight is 437 g/mol. The van der Waals surface area contributed by atoms with Gasteiger partial charge in [-0.25, -0.2) is 0 Å². The summed E-state index contributed by atoms with van der Waals surface area (Å²) in [4.78, 5) is 0. The summed E-state index contributed by atoms with van der Waals surface area (Å²) in [5.74, 6) is -0.714. The Morgan fingerprint density at radius 2 is 1.52 bits per heavy atom. The summed E-state index contributed by atoms with van der Waals surface area (Å²) in [7, 11) is -3.87. The lowest BCUT2D eigenvalue weighted by Gasteiger charge is -2.23. The highest BCUT2D eigenvalue weighted by atomic mass is 32.2. The van der Waals surface area contributed by atoms with Gasteiger partial charge in [0.15, 0.2) is 5.79 Å². The number of hydrogen-bond acceptors (Lipinski definition) is 5. The van der Waals surface area contributed by atoms with E-state index in [0.29, 0.717) is 32.7 Å². The smallest absolute Gasteiger partial charge is 0.264 e. The zero-order chi connectivity index (χ0) is 21.4. The normalized spacial score (nSPS) is 22.4. The predicted molar refractivity (Wildman–Crippen MR) is 117 cm³/mol. The van der Waals surface area contributed by atoms with Gasteiger partial charge in [-0.15, -0.1) is 0 Å². The number of rotatable bonds is 19. The summed E-state index contributed by atoms with van der Waals surface area (Å²) < 4.78 is 47.4. The fourth-order valence-corrected chi connectivity index (χ4v) is 4.29. The molecule has 0 aromatic carbocycles. The summed E-state index contributed by atoms with van der Waals surface area (Å²) in [5, 5.41) is 0. The molecule has 7 heteroatoms. The van der Waals surface area contributed by atoms with E-state index < -0.39 is 15.9 Å². The third-order valence-corrected chi connectivity index (χ3v) is 6.27. The summed E-state index contributed by atoms with van der Waals surface area (Å²) >= 11 is 0. The van der Waals surface area contributed by atoms with Gasteiger partial charge < -0.3 is 14.2 Å². The van der Waals surface area contributed by atoms with E-state index in [1.807, 2.05) is 6.92 Å². The van der Waals surface area contributed by atoms with E-state index in [2.05, 4.69) is 6.92 Å². The van der Waals surface area contributed by atoms with Crippen LogP contribution in [-0.4, -0.2) is 50.4 Å². The molecule has 1 aliphatic rings. The van der Waals surface area contributed by atoms with Crippen molar-refractivity contribution >= 4 is 10.1 Å². The van der Waals surface area contributed by atoms with Crippen molar-refractivity contribution in [3.8, 4) is 0 Å². The highest BCUT2D eigenvalue weighted by molar-refractivity contribution is 7.85. The molecule has 0 aliphatic carbocycles. The van der Waals surface area contributed by atoms with Gasteiger partial charge in [-0.1, -0.05) is 71.1 Å². The van der Waals surface area contributed by atoms with E-state index in [1.165, 1.54) is 64.2 Å². The second-order valence-corrected chi connectivity index (χ2v) is 10.1. The van der Waals surface area contributed by atoms with Crippen LogP contribution in [0.3, 0.4) is 0 Å². The van der Waals surface area contributed by atoms with Crippen LogP contribution in [0.1, 0.15) is 104 Å². The van der Waals surface area contributed by atoms with Crippen molar-refractivity contribution in [2.45, 2.75) is 116 Å². The zero-order valence-corrected chi connectivity index (χ0v) is 19.5. The molecule has 1 fully saturated rings. The van der Waals surface area contributed by atoms with Crippen molar-refractivity contribution in [1.82, 2.24) is 0 Å². The van der Waals surface area contributed by atoms with Gasteiger partial charge in [0, 0.05) is 13.0 Å². The third kappa shape index (κ3) is 15.3. The van der Waals surface area contributed by atoms with Crippen LogP contribution in [0.15, 0.2) is 0 Å². The Morgan fingerprint density at radius 1 is 0.931 bits per heavy atom. The molecule has 0 aromatic rings. The van der Waals surface area contributed by atoms with Gasteiger partial charge in [0.2, 0.25) is 0 Å². The van der Waals surface area contributed by atoms with Crippen LogP contribution in [0.2, 0.25) is 0 Å². The lowest BCUT2D eigenvalue weighted by molar-refractivity contribution is -0.164. The van der Waals surface area contributed by atoms with Crippen LogP contribution in [0.25, 0.3) is 0 Å². The Bertz CT molecular complexity index is 496. The molecule has 1 aliphatic heterocycles. The van der Waals surface area contributed by atoms with Crippen LogP contribution in [0, 0.1) is 0 Å². The Labute approximate surface area is 178 Å². The van der Waals surface area contributed by atoms with Crippen LogP contribution in [0.5, 0.6) is 0 Å². The zero-order valence-electron chi connectivity index (χ0n) is 18.7. The van der Waals surface area contributed by atoms with Crippen molar-refractivity contribution in [3.63, 3.8) is 0 Å². The van der Waals surface area contributed by atoms with Gasteiger partial charge in [0.25, 0.3) is 10.1 Å². The molecular formula is C22H44O6S. The first-order chi connectivity index (χ1) is 13.8. The first-order valence-corrected chi connectivity index (χ1v) is 13.3. The van der Waals surface area contributed by atoms with Gasteiger partial charge >= 0.3 is 0 Å². The van der Waals surface area contributed by atoms with Crippen molar-refractivity contribution in [2.24, 2.45) is 0 Å². The first-order valence-electron chi connectivity index (χ1n) is 11.7. The summed E-state index contributed by atoms with van der Waals surface area (Å²) in [6.45, 7) is 5.73. The van der Waals surface area contributed by atoms with Crippen molar-refractivity contribution in [1.29, 1.82) is 0 Å². The minimum Gasteiger partial charge on any atom is -0.379 e. The SMILES string of the molecule is CCCCCCCCCCCCCC1(C)OCC(COCCCCS(=O)(=O)O)O1. The fourth-order valence-electron chi connectivity index (χ4n) is 3.72. The highest BCUT2D eigenvalue weighted by Crippen LogP contribution is 2.29. The Hall–Kier alpha value is -0.210. The van der Waals surface area contributed by atoms with Crippen LogP contribution in [0.4, 0.5) is 0 Å². The molecule has 1 N–H and O–H groups in total. The minimum absolute atomic E-state index is 0.0608. The van der Waals surface area contributed by atoms with Crippen LogP contribution < -0.4 is 0 Å². The molecule has 1 saturated heterocycles. The summed E-state index contributed by atoms with van der Waals surface area (Å²) in [6, 6.07) is 0. The van der Waals surface area contributed by atoms with Gasteiger partial charge in [-0.3, -0.25) is 4.55 Å². The van der Waals surface area contributed by atoms with E-state index in [1.54, 1.807) is 0 Å². The Kier molecular flexibility index (Phi) is 14.4. The maximum atomic E-state index is 10.6. The molecule has 1 rings (SSSR count). The molecule has 0 aromatic heterocycles. The van der Waals surface area contributed by atoms with E-state index >= 15 is 0 Å². The van der Waals surface area contributed by atoms with Gasteiger partial charge in [-0.2, -0.15) is 8.42 Å². The summed E-state index contributed by atoms with van der Waals surface area (Å²) in [6.07, 6.45) is 16.5. The number of hydrogen-bond donors (Lipinski definition) is 1. The second-order valence-electron chi connectivity index (χ2n) is 8.54. The fraction of sp³-hybridized carbons (Fsp3) is 1.00. The van der Waals surface area contributed by atoms with E-state index in [0.717, 1.165) is 12.8 Å². The largest absolute Gasteiger partial charge is 0.379 e. The Balaban J connectivity index is 1.94. The van der Waals surface area contributed by atoms with Gasteiger partial charge in [0.1, 0.15) is 6.10 Å². The standard InChI is InChI=1S/C22H44O6S/c1-3-4-5-6-7-8-9-10-11-12-13-16-22(2)27-20-21(28-22)19-26-17-14-15-18-29(23,24)25/h21H,3-20H2,1-2H3,(H,23,24,25). The van der Waals surface area contributed by atoms with Gasteiger partial charge in [-0.05, 0) is 26.2 Å². The maximum Gasteiger partial charge on any atom is 0.264 e. The molecule has 0 saturated carbocycles. The molecular weight excluding hydrogens is 392 g/mol. The minimum atomic E-state index is -3.87. The molecule has 0 radical (unpaired) electrons. The number of ether oxygens (including phenoxy) is 3. The molecule has 0 amide bonds. The Morgan fingerprint density at radius 3 is 2.10 bits per heavy atom. The third-order valence-electron chi connectivity index (χ3n) is 5.47. The topological polar surface area (TPSA) is 82.1 Å². The van der Waals surface area contributed by atoms with Crippen molar-refractivity contribution in [2.75, 3.05) is 25.6 Å². The molecule has 174 valence electrons. The van der Waals surface area contributed by atoms with Crippen molar-refractivity contribution < 1.29 is 27.2 Å². The molecule has 1 heterocycles. The summed E-state index contributed by atoms with van der Waals surface area (Å²) in [5.41, 5.74) is 0. The second kappa shape index (κ2) is 15.6. The van der Waals surface area contributed by atoms with Gasteiger partial charge in [0.05, 0.1) is 19.0 Å². The van der Waals surface area contributed by atoms with Crippen LogP contribution >= 0.6 is 0 Å². The maximum absolute atomic E-state index is 10.6. The average Bonchev–Trinajstić information content (AvgIpc) is 3.03. The molecule has 2 atom stereocenters.